The van der Waals surface area contributed by atoms with Crippen LogP contribution >= 0.6 is 35.3 Å². The van der Waals surface area contributed by atoms with Gasteiger partial charge in [-0.25, -0.2) is 9.48 Å². The molecular weight excluding hydrogens is 673 g/mol. The van der Waals surface area contributed by atoms with E-state index in [9.17, 15) is 15.2 Å². The molecule has 6 aromatic rings. The summed E-state index contributed by atoms with van der Waals surface area (Å²) in [5.41, 5.74) is 3.91. The minimum absolute atomic E-state index is 0.117. The number of rotatable bonds is 11. The Morgan fingerprint density at radius 3 is 2.53 bits per heavy atom. The second kappa shape index (κ2) is 14.7. The molecular formula is C36H34N8O2S3. The summed E-state index contributed by atoms with van der Waals surface area (Å²) >= 11 is 4.98. The fourth-order valence-corrected chi connectivity index (χ4v) is 7.76. The molecule has 3 aromatic carbocycles. The summed E-state index contributed by atoms with van der Waals surface area (Å²) in [5.74, 6) is 1.93. The van der Waals surface area contributed by atoms with Gasteiger partial charge in [0, 0.05) is 50.2 Å². The zero-order chi connectivity index (χ0) is 34.5. The van der Waals surface area contributed by atoms with Crippen LogP contribution in [0, 0.1) is 11.3 Å². The van der Waals surface area contributed by atoms with Gasteiger partial charge in [-0.3, -0.25) is 9.72 Å². The molecule has 3 aromatic heterocycles. The summed E-state index contributed by atoms with van der Waals surface area (Å²) in [7, 11) is 0. The SMILES string of the molecule is CSCC(C)(C)c1cc(NC(=O)NCc2ccccc2Sc2ccc3nnc(-c4ccccc4SC)n3c2)n(-c2ccc(O)c(C#N)c2)n1. The van der Waals surface area contributed by atoms with Crippen molar-refractivity contribution >= 4 is 52.8 Å². The number of nitriles is 1. The molecule has 0 saturated heterocycles. The van der Waals surface area contributed by atoms with Gasteiger partial charge in [0.05, 0.1) is 16.9 Å². The number of nitrogens with zero attached hydrogens (tertiary/aromatic N) is 6. The van der Waals surface area contributed by atoms with Gasteiger partial charge in [-0.1, -0.05) is 62.0 Å². The lowest BCUT2D eigenvalue weighted by Crippen LogP contribution is -2.29. The normalized spacial score (nSPS) is 11.4. The highest BCUT2D eigenvalue weighted by molar-refractivity contribution is 7.99. The molecule has 0 saturated carbocycles. The van der Waals surface area contributed by atoms with E-state index in [0.29, 0.717) is 11.5 Å². The first kappa shape index (κ1) is 34.0. The molecule has 3 N–H and O–H groups in total. The van der Waals surface area contributed by atoms with Crippen LogP contribution in [0.25, 0.3) is 22.7 Å². The number of aromatic nitrogens is 5. The van der Waals surface area contributed by atoms with Crippen molar-refractivity contribution in [2.45, 2.75) is 40.5 Å². The number of thioether (sulfide) groups is 2. The van der Waals surface area contributed by atoms with Crippen molar-refractivity contribution in [1.82, 2.24) is 29.7 Å². The molecule has 0 aliphatic carbocycles. The van der Waals surface area contributed by atoms with E-state index in [-0.39, 0.29) is 23.3 Å². The first-order valence-electron chi connectivity index (χ1n) is 15.3. The maximum atomic E-state index is 13.4. The van der Waals surface area contributed by atoms with Crippen molar-refractivity contribution in [3.63, 3.8) is 0 Å². The van der Waals surface area contributed by atoms with Crippen LogP contribution < -0.4 is 10.6 Å². The molecule has 0 unspecified atom stereocenters. The topological polar surface area (TPSA) is 133 Å². The van der Waals surface area contributed by atoms with E-state index in [4.69, 9.17) is 5.10 Å². The summed E-state index contributed by atoms with van der Waals surface area (Å²) < 4.78 is 3.60. The Morgan fingerprint density at radius 1 is 0.980 bits per heavy atom. The number of urea groups is 1. The monoisotopic (exact) mass is 706 g/mol. The summed E-state index contributed by atoms with van der Waals surface area (Å²) in [6.07, 6.45) is 6.13. The average molecular weight is 707 g/mol. The minimum Gasteiger partial charge on any atom is -0.507 e. The third kappa shape index (κ3) is 7.41. The lowest BCUT2D eigenvalue weighted by Gasteiger charge is -2.20. The van der Waals surface area contributed by atoms with Crippen molar-refractivity contribution in [3.8, 4) is 28.9 Å². The maximum Gasteiger partial charge on any atom is 0.320 e. The molecule has 0 radical (unpaired) electrons. The number of fused-ring (bicyclic) bond motifs is 1. The van der Waals surface area contributed by atoms with E-state index in [1.807, 2.05) is 77.5 Å². The highest BCUT2D eigenvalue weighted by Gasteiger charge is 2.26. The molecule has 0 aliphatic rings. The second-order valence-corrected chi connectivity index (χ2v) is 14.6. The van der Waals surface area contributed by atoms with Crippen molar-refractivity contribution in [1.29, 1.82) is 5.26 Å². The maximum absolute atomic E-state index is 13.4. The van der Waals surface area contributed by atoms with Crippen LogP contribution in [0.3, 0.4) is 0 Å². The van der Waals surface area contributed by atoms with Gasteiger partial charge in [0.15, 0.2) is 11.5 Å². The molecule has 49 heavy (non-hydrogen) atoms. The number of anilines is 1. The molecule has 0 spiro atoms. The number of carbonyl (C=O) groups is 1. The first-order chi connectivity index (χ1) is 23.7. The number of phenols is 1. The van der Waals surface area contributed by atoms with Crippen molar-refractivity contribution in [2.24, 2.45) is 0 Å². The third-order valence-corrected chi connectivity index (χ3v) is 10.8. The lowest BCUT2D eigenvalue weighted by atomic mass is 9.92. The summed E-state index contributed by atoms with van der Waals surface area (Å²) in [4.78, 5) is 16.5. The van der Waals surface area contributed by atoms with Crippen molar-refractivity contribution < 1.29 is 9.90 Å². The fourth-order valence-electron chi connectivity index (χ4n) is 5.33. The molecule has 248 valence electrons. The van der Waals surface area contributed by atoms with E-state index in [0.717, 1.165) is 48.7 Å². The Bertz CT molecular complexity index is 2190. The van der Waals surface area contributed by atoms with Crippen molar-refractivity contribution in [3.05, 3.63) is 108 Å². The number of nitrogens with one attached hydrogen (secondary N) is 2. The van der Waals surface area contributed by atoms with Gasteiger partial charge in [-0.15, -0.1) is 22.0 Å². The molecule has 0 fully saturated rings. The number of hydrogen-bond acceptors (Lipinski definition) is 9. The van der Waals surface area contributed by atoms with Gasteiger partial charge in [0.25, 0.3) is 0 Å². The lowest BCUT2D eigenvalue weighted by molar-refractivity contribution is 0.251. The Kier molecular flexibility index (Phi) is 10.2. The highest BCUT2D eigenvalue weighted by Crippen LogP contribution is 2.34. The summed E-state index contributed by atoms with van der Waals surface area (Å²) in [5, 5.41) is 39.2. The fraction of sp³-hybridized carbons (Fsp3) is 0.194. The van der Waals surface area contributed by atoms with Gasteiger partial charge in [0.1, 0.15) is 17.6 Å². The number of pyridine rings is 1. The molecule has 10 nitrogen and oxygen atoms in total. The summed E-state index contributed by atoms with van der Waals surface area (Å²) in [6.45, 7) is 4.47. The third-order valence-electron chi connectivity index (χ3n) is 7.86. The van der Waals surface area contributed by atoms with Gasteiger partial charge in [-0.05, 0) is 60.5 Å². The van der Waals surface area contributed by atoms with Crippen LogP contribution in [0.5, 0.6) is 5.75 Å². The van der Waals surface area contributed by atoms with Crippen LogP contribution in [0.15, 0.2) is 106 Å². The number of hydrogen-bond donors (Lipinski definition) is 3. The predicted octanol–water partition coefficient (Wildman–Crippen LogP) is 7.99. The first-order valence-corrected chi connectivity index (χ1v) is 18.8. The Balaban J connectivity index is 1.21. The van der Waals surface area contributed by atoms with E-state index < -0.39 is 6.03 Å². The van der Waals surface area contributed by atoms with Gasteiger partial charge in [0.2, 0.25) is 0 Å². The van der Waals surface area contributed by atoms with E-state index >= 15 is 0 Å². The number of phenolic OH excluding ortho intramolecular Hbond substituents is 1. The summed E-state index contributed by atoms with van der Waals surface area (Å²) in [6, 6.07) is 28.2. The largest absolute Gasteiger partial charge is 0.507 e. The molecule has 0 atom stereocenters. The second-order valence-electron chi connectivity index (χ2n) is 11.8. The van der Waals surface area contributed by atoms with Crippen LogP contribution in [-0.4, -0.2) is 53.8 Å². The molecule has 0 bridgehead atoms. The quantitative estimate of drug-likeness (QED) is 0.115. The van der Waals surface area contributed by atoms with Crippen molar-refractivity contribution in [2.75, 3.05) is 23.6 Å². The Hall–Kier alpha value is -4.90. The van der Waals surface area contributed by atoms with Crippen LogP contribution in [0.1, 0.15) is 30.7 Å². The number of amides is 2. The van der Waals surface area contributed by atoms with Crippen LogP contribution in [0.4, 0.5) is 10.6 Å². The Labute approximate surface area is 297 Å². The van der Waals surface area contributed by atoms with E-state index in [1.165, 1.54) is 6.07 Å². The van der Waals surface area contributed by atoms with E-state index in [2.05, 4.69) is 53.1 Å². The predicted molar refractivity (Wildman–Crippen MR) is 198 cm³/mol. The molecule has 0 aliphatic heterocycles. The zero-order valence-corrected chi connectivity index (χ0v) is 29.8. The van der Waals surface area contributed by atoms with Gasteiger partial charge < -0.3 is 10.4 Å². The molecule has 13 heteroatoms. The van der Waals surface area contributed by atoms with Gasteiger partial charge >= 0.3 is 6.03 Å². The molecule has 6 rings (SSSR count). The zero-order valence-electron chi connectivity index (χ0n) is 27.3. The minimum atomic E-state index is -0.405. The molecule has 3 heterocycles. The highest BCUT2D eigenvalue weighted by atomic mass is 32.2. The van der Waals surface area contributed by atoms with Gasteiger partial charge in [-0.2, -0.15) is 22.1 Å². The number of carbonyl (C=O) groups excluding carboxylic acids is 1. The average Bonchev–Trinajstić information content (AvgIpc) is 3.73. The number of aromatic hydroxyl groups is 1. The molecule has 2 amide bonds. The Morgan fingerprint density at radius 2 is 1.76 bits per heavy atom. The van der Waals surface area contributed by atoms with Crippen LogP contribution in [0.2, 0.25) is 0 Å². The smallest absolute Gasteiger partial charge is 0.320 e. The van der Waals surface area contributed by atoms with E-state index in [1.54, 1.807) is 52.1 Å². The number of benzene rings is 3. The standard InChI is InChI=1S/C36H34N8O2S3/c1-36(2,22-47-3)31-18-33(44(42-31)25-13-15-28(45)24(17-25)19-37)39-35(46)38-20-23-9-5-7-11-29(23)49-26-14-16-32-40-41-34(43(32)21-26)27-10-6-8-12-30(27)48-4/h5-18,21,45H,20,22H2,1-4H3,(H2,38,39,46). The van der Waals surface area contributed by atoms with Crippen LogP contribution in [-0.2, 0) is 12.0 Å².